The maximum absolute atomic E-state index is 5.70. The fraction of sp³-hybridized carbons (Fsp3) is 0.444. The van der Waals surface area contributed by atoms with Gasteiger partial charge in [-0.3, -0.25) is 0 Å². The number of rotatable bonds is 3. The summed E-state index contributed by atoms with van der Waals surface area (Å²) in [6, 6.07) is 2.64. The summed E-state index contributed by atoms with van der Waals surface area (Å²) in [7, 11) is 0. The lowest BCUT2D eigenvalue weighted by molar-refractivity contribution is 0.879. The number of thiophene rings is 1. The molecule has 0 aliphatic heterocycles. The zero-order chi connectivity index (χ0) is 9.97. The smallest absolute Gasteiger partial charge is 0.189 e. The molecular formula is C9H12BrN3S. The van der Waals surface area contributed by atoms with Crippen LogP contribution in [0.25, 0.3) is 0 Å². The van der Waals surface area contributed by atoms with Crippen molar-refractivity contribution < 1.29 is 0 Å². The van der Waals surface area contributed by atoms with E-state index in [1.54, 1.807) is 11.3 Å². The van der Waals surface area contributed by atoms with Crippen molar-refractivity contribution in [3.8, 4) is 0 Å². The number of aliphatic imine (C=N–C) groups is 1. The topological polar surface area (TPSA) is 50.4 Å². The molecule has 0 spiro atoms. The summed E-state index contributed by atoms with van der Waals surface area (Å²) in [5.74, 6) is 0.565. The lowest BCUT2D eigenvalue weighted by atomic mass is 10.3. The van der Waals surface area contributed by atoms with Gasteiger partial charge in [0.2, 0.25) is 0 Å². The molecule has 3 N–H and O–H groups in total. The van der Waals surface area contributed by atoms with Crippen LogP contribution in [0.1, 0.15) is 18.4 Å². The predicted octanol–water partition coefficient (Wildman–Crippen LogP) is 2.08. The fourth-order valence-electron chi connectivity index (χ4n) is 1.09. The first-order valence-electron chi connectivity index (χ1n) is 4.53. The highest BCUT2D eigenvalue weighted by Gasteiger charge is 2.21. The van der Waals surface area contributed by atoms with Crippen molar-refractivity contribution in [1.82, 2.24) is 5.32 Å². The summed E-state index contributed by atoms with van der Waals surface area (Å²) < 4.78 is 1.14. The van der Waals surface area contributed by atoms with Gasteiger partial charge in [0.25, 0.3) is 0 Å². The van der Waals surface area contributed by atoms with Gasteiger partial charge in [0.15, 0.2) is 5.96 Å². The van der Waals surface area contributed by atoms with Gasteiger partial charge in [0.1, 0.15) is 0 Å². The molecule has 3 nitrogen and oxygen atoms in total. The van der Waals surface area contributed by atoms with Crippen molar-refractivity contribution in [2.45, 2.75) is 25.4 Å². The lowest BCUT2D eigenvalue weighted by Gasteiger charge is -2.01. The maximum Gasteiger partial charge on any atom is 0.189 e. The molecular weight excluding hydrogens is 262 g/mol. The first kappa shape index (κ1) is 9.98. The molecule has 0 atom stereocenters. The third-order valence-corrected chi connectivity index (χ3v) is 3.54. The number of halogens is 1. The van der Waals surface area contributed by atoms with Crippen LogP contribution in [0, 0.1) is 0 Å². The number of hydrogen-bond donors (Lipinski definition) is 2. The number of nitrogens with zero attached hydrogens (tertiary/aromatic N) is 1. The molecule has 1 heterocycles. The van der Waals surface area contributed by atoms with E-state index in [0.29, 0.717) is 18.5 Å². The Labute approximate surface area is 95.5 Å². The van der Waals surface area contributed by atoms with Crippen LogP contribution in [0.4, 0.5) is 0 Å². The molecule has 1 aliphatic rings. The van der Waals surface area contributed by atoms with Gasteiger partial charge in [-0.25, -0.2) is 4.99 Å². The monoisotopic (exact) mass is 273 g/mol. The molecule has 2 rings (SSSR count). The van der Waals surface area contributed by atoms with Crippen LogP contribution in [0.5, 0.6) is 0 Å². The van der Waals surface area contributed by atoms with Crippen LogP contribution >= 0.6 is 27.3 Å². The second-order valence-electron chi connectivity index (χ2n) is 3.38. The third-order valence-electron chi connectivity index (χ3n) is 1.98. The molecule has 0 unspecified atom stereocenters. The van der Waals surface area contributed by atoms with E-state index in [1.165, 1.54) is 18.4 Å². The van der Waals surface area contributed by atoms with Crippen LogP contribution in [0.2, 0.25) is 0 Å². The minimum atomic E-state index is 0.565. The lowest BCUT2D eigenvalue weighted by Crippen LogP contribution is -2.33. The normalized spacial score (nSPS) is 17.1. The quantitative estimate of drug-likeness (QED) is 0.655. The highest BCUT2D eigenvalue weighted by molar-refractivity contribution is 9.11. The van der Waals surface area contributed by atoms with Crippen LogP contribution < -0.4 is 11.1 Å². The summed E-state index contributed by atoms with van der Waals surface area (Å²) in [5.41, 5.74) is 6.90. The van der Waals surface area contributed by atoms with Crippen LogP contribution in [-0.2, 0) is 6.54 Å². The molecule has 14 heavy (non-hydrogen) atoms. The van der Waals surface area contributed by atoms with E-state index in [-0.39, 0.29) is 0 Å². The van der Waals surface area contributed by atoms with Crippen LogP contribution in [-0.4, -0.2) is 12.0 Å². The summed E-state index contributed by atoms with van der Waals surface area (Å²) in [4.78, 5) is 4.26. The predicted molar refractivity (Wildman–Crippen MR) is 63.5 cm³/mol. The first-order valence-corrected chi connectivity index (χ1v) is 6.20. The molecule has 76 valence electrons. The van der Waals surface area contributed by atoms with Crippen molar-refractivity contribution in [2.24, 2.45) is 10.7 Å². The molecule has 0 bridgehead atoms. The van der Waals surface area contributed by atoms with Gasteiger partial charge in [-0.1, -0.05) is 0 Å². The van der Waals surface area contributed by atoms with E-state index in [2.05, 4.69) is 37.7 Å². The Morgan fingerprint density at radius 1 is 1.71 bits per heavy atom. The number of hydrogen-bond acceptors (Lipinski definition) is 2. The Hall–Kier alpha value is -0.550. The zero-order valence-corrected chi connectivity index (χ0v) is 10.1. The van der Waals surface area contributed by atoms with Gasteiger partial charge in [0.05, 0.1) is 10.3 Å². The van der Waals surface area contributed by atoms with Gasteiger partial charge in [-0.05, 0) is 45.8 Å². The van der Waals surface area contributed by atoms with Crippen molar-refractivity contribution >= 4 is 33.2 Å². The van der Waals surface area contributed by atoms with E-state index in [0.717, 1.165) is 3.79 Å². The molecule has 1 fully saturated rings. The number of guanidine groups is 1. The largest absolute Gasteiger partial charge is 0.370 e. The van der Waals surface area contributed by atoms with Gasteiger partial charge >= 0.3 is 0 Å². The van der Waals surface area contributed by atoms with Crippen molar-refractivity contribution in [2.75, 3.05) is 0 Å². The van der Waals surface area contributed by atoms with E-state index in [9.17, 15) is 0 Å². The Kier molecular flexibility index (Phi) is 3.08. The van der Waals surface area contributed by atoms with Crippen molar-refractivity contribution in [3.63, 3.8) is 0 Å². The Morgan fingerprint density at radius 3 is 3.07 bits per heavy atom. The van der Waals surface area contributed by atoms with Crippen LogP contribution in [0.3, 0.4) is 0 Å². The average molecular weight is 274 g/mol. The van der Waals surface area contributed by atoms with Gasteiger partial charge in [0, 0.05) is 6.04 Å². The number of nitrogens with one attached hydrogen (secondary N) is 1. The maximum atomic E-state index is 5.70. The Morgan fingerprint density at radius 2 is 2.50 bits per heavy atom. The zero-order valence-electron chi connectivity index (χ0n) is 7.66. The highest BCUT2D eigenvalue weighted by Crippen LogP contribution is 2.21. The average Bonchev–Trinajstić information content (AvgIpc) is 2.85. The van der Waals surface area contributed by atoms with E-state index < -0.39 is 0 Å². The van der Waals surface area contributed by atoms with Crippen LogP contribution in [0.15, 0.2) is 20.2 Å². The molecule has 1 aromatic rings. The van der Waals surface area contributed by atoms with Gasteiger partial charge in [-0.15, -0.1) is 11.3 Å². The van der Waals surface area contributed by atoms with Crippen molar-refractivity contribution in [1.29, 1.82) is 0 Å². The Balaban J connectivity index is 1.84. The van der Waals surface area contributed by atoms with Crippen molar-refractivity contribution in [3.05, 3.63) is 20.8 Å². The summed E-state index contributed by atoms with van der Waals surface area (Å²) in [6.07, 6.45) is 2.44. The molecule has 0 radical (unpaired) electrons. The number of nitrogens with two attached hydrogens (primary N) is 1. The molecule has 1 aromatic heterocycles. The highest BCUT2D eigenvalue weighted by atomic mass is 79.9. The molecule has 0 amide bonds. The van der Waals surface area contributed by atoms with E-state index >= 15 is 0 Å². The summed E-state index contributed by atoms with van der Waals surface area (Å²) in [6.45, 7) is 0.660. The Bertz CT molecular complexity index is 344. The van der Waals surface area contributed by atoms with Gasteiger partial charge in [-0.2, -0.15) is 0 Å². The SMILES string of the molecule is NC(=NCc1csc(Br)c1)NC1CC1. The van der Waals surface area contributed by atoms with E-state index in [4.69, 9.17) is 5.73 Å². The second kappa shape index (κ2) is 4.31. The minimum absolute atomic E-state index is 0.565. The van der Waals surface area contributed by atoms with Gasteiger partial charge < -0.3 is 11.1 Å². The standard InChI is InChI=1S/C9H12BrN3S/c10-8-3-6(5-14-8)4-12-9(11)13-7-1-2-7/h3,5,7H,1-2,4H2,(H3,11,12,13). The molecule has 0 aromatic carbocycles. The molecule has 0 saturated heterocycles. The fourth-order valence-corrected chi connectivity index (χ4v) is 2.29. The van der Waals surface area contributed by atoms with E-state index in [1.807, 2.05) is 0 Å². The summed E-state index contributed by atoms with van der Waals surface area (Å²) in [5, 5.41) is 5.23. The second-order valence-corrected chi connectivity index (χ2v) is 5.67. The first-order chi connectivity index (χ1) is 6.74. The molecule has 5 heteroatoms. The minimum Gasteiger partial charge on any atom is -0.370 e. The molecule has 1 saturated carbocycles. The summed E-state index contributed by atoms with van der Waals surface area (Å²) >= 11 is 5.08. The third kappa shape index (κ3) is 2.99. The molecule has 1 aliphatic carbocycles.